The van der Waals surface area contributed by atoms with Crippen LogP contribution in [0, 0.1) is 0 Å². The first-order valence-electron chi connectivity index (χ1n) is 6.69. The Morgan fingerprint density at radius 3 is 2.91 bits per heavy atom. The molecule has 0 radical (unpaired) electrons. The summed E-state index contributed by atoms with van der Waals surface area (Å²) in [5.41, 5.74) is -0.0406. The van der Waals surface area contributed by atoms with Crippen molar-refractivity contribution in [3.05, 3.63) is 23.9 Å². The molecule has 0 saturated carbocycles. The monoisotopic (exact) mass is 328 g/mol. The molecule has 0 aromatic carbocycles. The molecule has 0 bridgehead atoms. The largest absolute Gasteiger partial charge is 0.468 e. The number of fused-ring (bicyclic) bond motifs is 1. The summed E-state index contributed by atoms with van der Waals surface area (Å²) in [5.74, 6) is -0.493. The first-order chi connectivity index (χ1) is 10.9. The van der Waals surface area contributed by atoms with Crippen molar-refractivity contribution in [2.45, 2.75) is 19.1 Å². The summed E-state index contributed by atoms with van der Waals surface area (Å²) in [6.45, 7) is -0.484. The molecular weight excluding hydrogens is 317 g/mol. The number of anilines is 1. The van der Waals surface area contributed by atoms with E-state index in [4.69, 9.17) is 0 Å². The number of halogens is 3. The molecule has 1 aliphatic heterocycles. The van der Waals surface area contributed by atoms with Gasteiger partial charge < -0.3 is 4.74 Å². The lowest BCUT2D eigenvalue weighted by Crippen LogP contribution is -2.38. The Hall–Kier alpha value is -2.72. The Morgan fingerprint density at radius 2 is 2.13 bits per heavy atom. The Labute approximate surface area is 127 Å². The van der Waals surface area contributed by atoms with E-state index in [0.717, 1.165) is 0 Å². The summed E-state index contributed by atoms with van der Waals surface area (Å²) in [4.78, 5) is 17.6. The van der Waals surface area contributed by atoms with Crippen molar-refractivity contribution >= 4 is 11.9 Å². The third-order valence-electron chi connectivity index (χ3n) is 3.08. The molecule has 2 aromatic heterocycles. The highest BCUT2D eigenvalue weighted by Gasteiger charge is 2.30. The number of amides is 1. The molecule has 2 aromatic rings. The van der Waals surface area contributed by atoms with Gasteiger partial charge in [-0.1, -0.05) is 11.2 Å². The lowest BCUT2D eigenvalue weighted by molar-refractivity contribution is -0.154. The van der Waals surface area contributed by atoms with E-state index in [1.807, 2.05) is 0 Å². The van der Waals surface area contributed by atoms with Gasteiger partial charge in [0.25, 0.3) is 11.9 Å². The van der Waals surface area contributed by atoms with E-state index < -0.39 is 18.7 Å². The van der Waals surface area contributed by atoms with Crippen LogP contribution in [0.1, 0.15) is 16.9 Å². The average Bonchev–Trinajstić information content (AvgIpc) is 3.00. The quantitative estimate of drug-likeness (QED) is 0.837. The number of pyridine rings is 1. The summed E-state index contributed by atoms with van der Waals surface area (Å²) in [5, 5.41) is 11.0. The van der Waals surface area contributed by atoms with Crippen LogP contribution in [0.4, 0.5) is 19.1 Å². The molecule has 0 aliphatic carbocycles. The van der Waals surface area contributed by atoms with Crippen LogP contribution in [0.25, 0.3) is 0 Å². The summed E-state index contributed by atoms with van der Waals surface area (Å²) in [7, 11) is 0. The van der Waals surface area contributed by atoms with Crippen molar-refractivity contribution < 1.29 is 22.7 Å². The second-order valence-electron chi connectivity index (χ2n) is 4.78. The maximum absolute atomic E-state index is 12.5. The van der Waals surface area contributed by atoms with Crippen LogP contribution >= 0.6 is 0 Å². The van der Waals surface area contributed by atoms with E-state index in [1.54, 1.807) is 0 Å². The fourth-order valence-electron chi connectivity index (χ4n) is 2.12. The number of carbonyl (C=O) groups excluding carboxylic acids is 1. The molecule has 0 N–H and O–H groups in total. The van der Waals surface area contributed by atoms with Gasteiger partial charge >= 0.3 is 6.18 Å². The maximum Gasteiger partial charge on any atom is 0.422 e. The zero-order valence-corrected chi connectivity index (χ0v) is 11.7. The van der Waals surface area contributed by atoms with Gasteiger partial charge in [-0.05, 0) is 22.9 Å². The van der Waals surface area contributed by atoms with Crippen LogP contribution in [0.3, 0.4) is 0 Å². The van der Waals surface area contributed by atoms with Crippen LogP contribution in [-0.4, -0.2) is 50.4 Å². The number of hydrogen-bond donors (Lipinski definition) is 0. The highest BCUT2D eigenvalue weighted by molar-refractivity contribution is 6.03. The second kappa shape index (κ2) is 5.82. The van der Waals surface area contributed by atoms with Crippen LogP contribution in [0.2, 0.25) is 0 Å². The number of aryl methyl sites for hydroxylation is 1. The molecule has 1 aliphatic rings. The second-order valence-corrected chi connectivity index (χ2v) is 4.78. The van der Waals surface area contributed by atoms with Gasteiger partial charge in [-0.3, -0.25) is 9.69 Å². The number of ether oxygens (including phenoxy) is 1. The zero-order valence-electron chi connectivity index (χ0n) is 11.7. The maximum atomic E-state index is 12.5. The van der Waals surface area contributed by atoms with Gasteiger partial charge in [0.15, 0.2) is 6.61 Å². The number of aromatic nitrogens is 5. The third kappa shape index (κ3) is 3.38. The van der Waals surface area contributed by atoms with Crippen LogP contribution in [-0.2, 0) is 6.54 Å². The predicted octanol–water partition coefficient (Wildman–Crippen LogP) is 1.06. The molecule has 0 unspecified atom stereocenters. The number of alkyl halides is 3. The average molecular weight is 328 g/mol. The van der Waals surface area contributed by atoms with Gasteiger partial charge in [0, 0.05) is 19.2 Å². The number of rotatable bonds is 3. The zero-order chi connectivity index (χ0) is 16.4. The SMILES string of the molecule is O=C(c1cccc(OCC(F)(F)F)n1)N1CCCn2nnnc21. The summed E-state index contributed by atoms with van der Waals surface area (Å²) < 4.78 is 42.5. The van der Waals surface area contributed by atoms with E-state index >= 15 is 0 Å². The molecule has 0 spiro atoms. The number of nitrogens with zero attached hydrogens (tertiary/aromatic N) is 6. The fraction of sp³-hybridized carbons (Fsp3) is 0.417. The Bertz CT molecular complexity index is 717. The summed E-state index contributed by atoms with van der Waals surface area (Å²) in [6, 6.07) is 4.05. The molecule has 0 fully saturated rings. The minimum absolute atomic E-state index is 0.0406. The van der Waals surface area contributed by atoms with Crippen LogP contribution in [0.15, 0.2) is 18.2 Å². The Morgan fingerprint density at radius 1 is 1.30 bits per heavy atom. The lowest BCUT2D eigenvalue weighted by atomic mass is 10.2. The highest BCUT2D eigenvalue weighted by atomic mass is 19.4. The van der Waals surface area contributed by atoms with E-state index in [9.17, 15) is 18.0 Å². The standard InChI is InChI=1S/C12H11F3N6O2/c13-12(14,15)7-23-9-4-1-3-8(16-9)10(22)20-5-2-6-21-11(20)17-18-19-21/h1,3-4H,2,5-7H2. The smallest absolute Gasteiger partial charge is 0.422 e. The number of hydrogen-bond acceptors (Lipinski definition) is 6. The van der Waals surface area contributed by atoms with Gasteiger partial charge in [-0.2, -0.15) is 13.2 Å². The first kappa shape index (κ1) is 15.2. The Kier molecular flexibility index (Phi) is 3.84. The van der Waals surface area contributed by atoms with Gasteiger partial charge in [-0.15, -0.1) is 0 Å². The molecule has 8 nitrogen and oxygen atoms in total. The van der Waals surface area contributed by atoms with Crippen LogP contribution < -0.4 is 9.64 Å². The lowest BCUT2D eigenvalue weighted by Gasteiger charge is -2.24. The molecule has 0 saturated heterocycles. The van der Waals surface area contributed by atoms with Gasteiger partial charge in [0.05, 0.1) is 0 Å². The van der Waals surface area contributed by atoms with Crippen LogP contribution in [0.5, 0.6) is 5.88 Å². The van der Waals surface area contributed by atoms with E-state index in [1.165, 1.54) is 27.8 Å². The normalized spacial score (nSPS) is 14.5. The number of tetrazole rings is 1. The van der Waals surface area contributed by atoms with Gasteiger partial charge in [0.1, 0.15) is 5.69 Å². The number of carbonyl (C=O) groups is 1. The molecule has 23 heavy (non-hydrogen) atoms. The molecule has 11 heteroatoms. The van der Waals surface area contributed by atoms with Crippen molar-refractivity contribution in [3.8, 4) is 5.88 Å². The molecule has 3 heterocycles. The first-order valence-corrected chi connectivity index (χ1v) is 6.69. The van der Waals surface area contributed by atoms with E-state index in [0.29, 0.717) is 19.5 Å². The minimum atomic E-state index is -4.48. The molecule has 0 atom stereocenters. The highest BCUT2D eigenvalue weighted by Crippen LogP contribution is 2.20. The fourth-order valence-corrected chi connectivity index (χ4v) is 2.12. The van der Waals surface area contributed by atoms with Gasteiger partial charge in [-0.25, -0.2) is 9.67 Å². The predicted molar refractivity (Wildman–Crippen MR) is 69.9 cm³/mol. The molecule has 3 rings (SSSR count). The van der Waals surface area contributed by atoms with Crippen molar-refractivity contribution in [1.29, 1.82) is 0 Å². The summed E-state index contributed by atoms with van der Waals surface area (Å²) in [6.07, 6.45) is -3.81. The van der Waals surface area contributed by atoms with Crippen molar-refractivity contribution in [2.24, 2.45) is 0 Å². The Balaban J connectivity index is 1.79. The molecule has 1 amide bonds. The topological polar surface area (TPSA) is 86.0 Å². The van der Waals surface area contributed by atoms with Gasteiger partial charge in [0.2, 0.25) is 5.88 Å². The molecule has 122 valence electrons. The van der Waals surface area contributed by atoms with Crippen molar-refractivity contribution in [3.63, 3.8) is 0 Å². The van der Waals surface area contributed by atoms with E-state index in [2.05, 4.69) is 25.2 Å². The molecular formula is C12H11F3N6O2. The van der Waals surface area contributed by atoms with E-state index in [-0.39, 0.29) is 17.5 Å². The summed E-state index contributed by atoms with van der Waals surface area (Å²) >= 11 is 0. The van der Waals surface area contributed by atoms with Crippen molar-refractivity contribution in [2.75, 3.05) is 18.1 Å². The van der Waals surface area contributed by atoms with Crippen molar-refractivity contribution in [1.82, 2.24) is 25.2 Å². The third-order valence-corrected chi connectivity index (χ3v) is 3.08. The minimum Gasteiger partial charge on any atom is -0.468 e.